The topological polar surface area (TPSA) is 64.4 Å². The molecule has 1 fully saturated rings. The minimum atomic E-state index is -0.360. The minimum absolute atomic E-state index is 0.106. The number of ether oxygens (including phenoxy) is 1. The van der Waals surface area contributed by atoms with Crippen molar-refractivity contribution in [3.8, 4) is 0 Å². The molecule has 0 amide bonds. The number of nitro benzene ring substituents is 1. The monoisotopic (exact) mass is 278 g/mol. The Kier molecular flexibility index (Phi) is 5.35. The predicted molar refractivity (Wildman–Crippen MR) is 78.9 cm³/mol. The largest absolute Gasteiger partial charge is 0.383 e. The van der Waals surface area contributed by atoms with E-state index in [9.17, 15) is 10.1 Å². The maximum absolute atomic E-state index is 11.0. The zero-order valence-electron chi connectivity index (χ0n) is 11.9. The van der Waals surface area contributed by atoms with Crippen LogP contribution >= 0.6 is 0 Å². The zero-order valence-corrected chi connectivity index (χ0v) is 11.9. The van der Waals surface area contributed by atoms with Crippen molar-refractivity contribution in [2.45, 2.75) is 51.2 Å². The summed E-state index contributed by atoms with van der Waals surface area (Å²) in [6.07, 6.45) is 7.56. The molecule has 1 aromatic rings. The van der Waals surface area contributed by atoms with Crippen LogP contribution < -0.4 is 5.32 Å². The first-order chi connectivity index (χ1) is 9.70. The first kappa shape index (κ1) is 14.8. The number of nitrogens with zero attached hydrogens (tertiary/aromatic N) is 1. The summed E-state index contributed by atoms with van der Waals surface area (Å²) in [6.45, 7) is 0.454. The van der Waals surface area contributed by atoms with Gasteiger partial charge < -0.3 is 10.1 Å². The fourth-order valence-corrected chi connectivity index (χ4v) is 2.65. The molecular formula is C15H22N2O3. The molecule has 110 valence electrons. The van der Waals surface area contributed by atoms with Crippen LogP contribution in [-0.4, -0.2) is 18.1 Å². The average molecular weight is 278 g/mol. The van der Waals surface area contributed by atoms with Crippen LogP contribution in [0.2, 0.25) is 0 Å². The maximum Gasteiger partial charge on any atom is 0.292 e. The lowest BCUT2D eigenvalue weighted by Crippen LogP contribution is -2.11. The standard InChI is InChI=1S/C15H22N2O3/c1-16-14-9-8-12(10-15(14)17(18)19)11-20-13-6-4-2-3-5-7-13/h8-10,13,16H,2-7,11H2,1H3. The van der Waals surface area contributed by atoms with Crippen molar-refractivity contribution in [1.29, 1.82) is 0 Å². The molecule has 1 N–H and O–H groups in total. The number of benzene rings is 1. The Morgan fingerprint density at radius 2 is 2.00 bits per heavy atom. The first-order valence-electron chi connectivity index (χ1n) is 7.27. The van der Waals surface area contributed by atoms with E-state index in [2.05, 4.69) is 5.32 Å². The molecule has 1 aromatic carbocycles. The Hall–Kier alpha value is -1.62. The SMILES string of the molecule is CNc1ccc(COC2CCCCCC2)cc1[N+](=O)[O-]. The first-order valence-corrected chi connectivity index (χ1v) is 7.27. The molecule has 5 nitrogen and oxygen atoms in total. The molecular weight excluding hydrogens is 256 g/mol. The Bertz CT molecular complexity index is 454. The quantitative estimate of drug-likeness (QED) is 0.504. The van der Waals surface area contributed by atoms with E-state index in [0.29, 0.717) is 18.4 Å². The van der Waals surface area contributed by atoms with Crippen LogP contribution in [0.1, 0.15) is 44.1 Å². The van der Waals surface area contributed by atoms with Crippen LogP contribution in [0.15, 0.2) is 18.2 Å². The van der Waals surface area contributed by atoms with Crippen molar-refractivity contribution >= 4 is 11.4 Å². The lowest BCUT2D eigenvalue weighted by molar-refractivity contribution is -0.384. The molecule has 2 rings (SSSR count). The average Bonchev–Trinajstić information content (AvgIpc) is 2.73. The third-order valence-electron chi connectivity index (χ3n) is 3.82. The Morgan fingerprint density at radius 1 is 1.30 bits per heavy atom. The molecule has 1 aliphatic rings. The van der Waals surface area contributed by atoms with Gasteiger partial charge in [0.15, 0.2) is 0 Å². The summed E-state index contributed by atoms with van der Waals surface area (Å²) >= 11 is 0. The van der Waals surface area contributed by atoms with Crippen LogP contribution in [0, 0.1) is 10.1 Å². The molecule has 1 saturated carbocycles. The second-order valence-electron chi connectivity index (χ2n) is 5.28. The maximum atomic E-state index is 11.0. The number of hydrogen-bond acceptors (Lipinski definition) is 4. The fourth-order valence-electron chi connectivity index (χ4n) is 2.65. The molecule has 0 heterocycles. The highest BCUT2D eigenvalue weighted by atomic mass is 16.6. The van der Waals surface area contributed by atoms with E-state index in [1.165, 1.54) is 25.7 Å². The highest BCUT2D eigenvalue weighted by molar-refractivity contribution is 5.62. The van der Waals surface area contributed by atoms with E-state index in [0.717, 1.165) is 18.4 Å². The molecule has 0 atom stereocenters. The van der Waals surface area contributed by atoms with Gasteiger partial charge in [-0.3, -0.25) is 10.1 Å². The minimum Gasteiger partial charge on any atom is -0.383 e. The molecule has 5 heteroatoms. The third-order valence-corrected chi connectivity index (χ3v) is 3.82. The summed E-state index contributed by atoms with van der Waals surface area (Å²) in [4.78, 5) is 10.6. The van der Waals surface area contributed by atoms with E-state index >= 15 is 0 Å². The Balaban J connectivity index is 1.98. The van der Waals surface area contributed by atoms with Crippen LogP contribution in [0.3, 0.4) is 0 Å². The van der Waals surface area contributed by atoms with Gasteiger partial charge in [-0.2, -0.15) is 0 Å². The molecule has 0 unspecified atom stereocenters. The van der Waals surface area contributed by atoms with E-state index < -0.39 is 0 Å². The summed E-state index contributed by atoms with van der Waals surface area (Å²) in [7, 11) is 1.68. The van der Waals surface area contributed by atoms with Crippen LogP contribution in [0.25, 0.3) is 0 Å². The van der Waals surface area contributed by atoms with Crippen LogP contribution in [-0.2, 0) is 11.3 Å². The van der Waals surface area contributed by atoms with Gasteiger partial charge >= 0.3 is 0 Å². The smallest absolute Gasteiger partial charge is 0.292 e. The molecule has 20 heavy (non-hydrogen) atoms. The van der Waals surface area contributed by atoms with Crippen molar-refractivity contribution < 1.29 is 9.66 Å². The lowest BCUT2D eigenvalue weighted by Gasteiger charge is -2.15. The summed E-state index contributed by atoms with van der Waals surface area (Å²) in [5.74, 6) is 0. The van der Waals surface area contributed by atoms with E-state index in [4.69, 9.17) is 4.74 Å². The third kappa shape index (κ3) is 3.93. The van der Waals surface area contributed by atoms with Crippen LogP contribution in [0.4, 0.5) is 11.4 Å². The van der Waals surface area contributed by atoms with Gasteiger partial charge in [0.1, 0.15) is 5.69 Å². The zero-order chi connectivity index (χ0) is 14.4. The number of nitrogens with one attached hydrogen (secondary N) is 1. The lowest BCUT2D eigenvalue weighted by atomic mass is 10.1. The number of hydrogen-bond donors (Lipinski definition) is 1. The van der Waals surface area contributed by atoms with E-state index in [-0.39, 0.29) is 10.6 Å². The van der Waals surface area contributed by atoms with Gasteiger partial charge in [-0.25, -0.2) is 0 Å². The van der Waals surface area contributed by atoms with Crippen molar-refractivity contribution in [1.82, 2.24) is 0 Å². The van der Waals surface area contributed by atoms with Gasteiger partial charge in [-0.1, -0.05) is 31.7 Å². The molecule has 1 aliphatic carbocycles. The second-order valence-corrected chi connectivity index (χ2v) is 5.28. The summed E-state index contributed by atoms with van der Waals surface area (Å²) in [5.41, 5.74) is 1.50. The Labute approximate surface area is 119 Å². The van der Waals surface area contributed by atoms with Crippen molar-refractivity contribution in [2.24, 2.45) is 0 Å². The van der Waals surface area contributed by atoms with Crippen molar-refractivity contribution in [2.75, 3.05) is 12.4 Å². The molecule has 0 radical (unpaired) electrons. The van der Waals surface area contributed by atoms with E-state index in [1.54, 1.807) is 19.2 Å². The van der Waals surface area contributed by atoms with Gasteiger partial charge in [0.25, 0.3) is 5.69 Å². The highest BCUT2D eigenvalue weighted by Crippen LogP contribution is 2.26. The summed E-state index contributed by atoms with van der Waals surface area (Å²) in [5, 5.41) is 13.8. The van der Waals surface area contributed by atoms with Crippen molar-refractivity contribution in [3.63, 3.8) is 0 Å². The number of nitro groups is 1. The van der Waals surface area contributed by atoms with Gasteiger partial charge in [0, 0.05) is 13.1 Å². The molecule has 0 aromatic heterocycles. The highest BCUT2D eigenvalue weighted by Gasteiger charge is 2.16. The summed E-state index contributed by atoms with van der Waals surface area (Å²) < 4.78 is 5.91. The predicted octanol–water partition coefficient (Wildman–Crippen LogP) is 3.88. The summed E-state index contributed by atoms with van der Waals surface area (Å²) in [6, 6.07) is 5.22. The molecule has 0 spiro atoms. The van der Waals surface area contributed by atoms with Gasteiger partial charge in [0.2, 0.25) is 0 Å². The fraction of sp³-hybridized carbons (Fsp3) is 0.600. The van der Waals surface area contributed by atoms with Gasteiger partial charge in [-0.15, -0.1) is 0 Å². The molecule has 0 bridgehead atoms. The van der Waals surface area contributed by atoms with Gasteiger partial charge in [0.05, 0.1) is 17.6 Å². The normalized spacial score (nSPS) is 16.6. The Morgan fingerprint density at radius 3 is 2.60 bits per heavy atom. The van der Waals surface area contributed by atoms with Crippen molar-refractivity contribution in [3.05, 3.63) is 33.9 Å². The number of anilines is 1. The van der Waals surface area contributed by atoms with Gasteiger partial charge in [-0.05, 0) is 24.5 Å². The number of rotatable bonds is 5. The van der Waals surface area contributed by atoms with E-state index in [1.807, 2.05) is 6.07 Å². The molecule has 0 aliphatic heterocycles. The molecule has 0 saturated heterocycles. The second kappa shape index (κ2) is 7.24. The van der Waals surface area contributed by atoms with Crippen LogP contribution in [0.5, 0.6) is 0 Å².